The highest BCUT2D eigenvalue weighted by molar-refractivity contribution is 5.87. The van der Waals surface area contributed by atoms with E-state index < -0.39 is 0 Å². The second-order valence-electron chi connectivity index (χ2n) is 13.2. The zero-order chi connectivity index (χ0) is 38.3. The molecule has 0 saturated carbocycles. The van der Waals surface area contributed by atoms with Gasteiger partial charge in [0.05, 0.1) is 11.4 Å². The van der Waals surface area contributed by atoms with Gasteiger partial charge in [0.25, 0.3) is 0 Å². The van der Waals surface area contributed by atoms with E-state index in [2.05, 4.69) is 128 Å². The smallest absolute Gasteiger partial charge is 0.160 e. The van der Waals surface area contributed by atoms with Gasteiger partial charge in [0, 0.05) is 28.7 Å². The number of nitrogens with zero attached hydrogens (tertiary/aromatic N) is 2. The van der Waals surface area contributed by atoms with Gasteiger partial charge in [0.2, 0.25) is 0 Å². The second kappa shape index (κ2) is 19.6. The predicted octanol–water partition coefficient (Wildman–Crippen LogP) is 14.6. The quantitative estimate of drug-likeness (QED) is 0.140. The summed E-state index contributed by atoms with van der Waals surface area (Å²) in [4.78, 5) is 10.4. The zero-order valence-corrected chi connectivity index (χ0v) is 32.5. The van der Waals surface area contributed by atoms with E-state index in [0.29, 0.717) is 0 Å². The Labute approximate surface area is 323 Å². The van der Waals surface area contributed by atoms with Gasteiger partial charge in [-0.2, -0.15) is 0 Å². The summed E-state index contributed by atoms with van der Waals surface area (Å²) in [7, 11) is 0. The lowest BCUT2D eigenvalue weighted by Gasteiger charge is -2.16. The fraction of sp³-hybridized carbons (Fsp3) is 0.154. The van der Waals surface area contributed by atoms with Gasteiger partial charge in [-0.3, -0.25) is 0 Å². The van der Waals surface area contributed by atoms with Crippen LogP contribution in [0.5, 0.6) is 0 Å². The first kappa shape index (κ1) is 39.1. The van der Waals surface area contributed by atoms with Gasteiger partial charge in [-0.15, -0.1) is 0 Å². The molecule has 2 nitrogen and oxygen atoms in total. The fourth-order valence-electron chi connectivity index (χ4n) is 6.36. The van der Waals surface area contributed by atoms with E-state index in [1.165, 1.54) is 39.0 Å². The summed E-state index contributed by atoms with van der Waals surface area (Å²) in [6.07, 6.45) is 23.9. The van der Waals surface area contributed by atoms with Crippen molar-refractivity contribution in [3.8, 4) is 45.0 Å². The molecular formula is C52H52N2. The molecule has 0 N–H and O–H groups in total. The Morgan fingerprint density at radius 2 is 1.30 bits per heavy atom. The van der Waals surface area contributed by atoms with Crippen LogP contribution in [0, 0.1) is 0 Å². The number of rotatable bonds is 9. The number of aromatic nitrogens is 2. The SMILES string of the molecule is C1=CC(c2cc(-c3ccccc3)cc(-c3nc(-c4ccccc4)nc4c3Cc3ccccc3-4)c2)=CCC1.C=C(C)/C=C\C=C(/C)C(=C)/C=C\C=C/C.CC. The number of allylic oxidation sites excluding steroid dienone is 14. The van der Waals surface area contributed by atoms with E-state index >= 15 is 0 Å². The standard InChI is InChI=1S/C35H26N2.C15H20.C2H6/c1-4-12-24(13-5-1)28-20-29(25-14-6-2-7-15-25)22-30(21-28)33-32-23-27-18-10-11-19-31(27)34(32)37-35(36-33)26-16-8-3-9-17-26;1-6-7-8-11-14(4)15(5)12-9-10-13(2)3;1-2/h1,3-6,8-22H,2,7,23H2;6-12H,2,4H2,1,3,5H3;1-2H3/b;7-6-,10-9-,11-8-,15-12+;. The Kier molecular flexibility index (Phi) is 14.2. The molecule has 5 aromatic rings. The molecule has 2 aliphatic carbocycles. The summed E-state index contributed by atoms with van der Waals surface area (Å²) in [6, 6.07) is 36.5. The van der Waals surface area contributed by atoms with Crippen LogP contribution in [-0.2, 0) is 6.42 Å². The summed E-state index contributed by atoms with van der Waals surface area (Å²) in [5.41, 5.74) is 16.2. The van der Waals surface area contributed by atoms with Crippen molar-refractivity contribution in [1.29, 1.82) is 0 Å². The Morgan fingerprint density at radius 3 is 1.98 bits per heavy atom. The molecule has 4 aromatic carbocycles. The van der Waals surface area contributed by atoms with Crippen molar-refractivity contribution in [3.05, 3.63) is 210 Å². The highest BCUT2D eigenvalue weighted by Crippen LogP contribution is 2.42. The van der Waals surface area contributed by atoms with Crippen molar-refractivity contribution < 1.29 is 0 Å². The molecule has 0 saturated heterocycles. The van der Waals surface area contributed by atoms with Crippen LogP contribution in [0.15, 0.2) is 194 Å². The van der Waals surface area contributed by atoms with Crippen molar-refractivity contribution >= 4 is 5.57 Å². The summed E-state index contributed by atoms with van der Waals surface area (Å²) >= 11 is 0. The maximum atomic E-state index is 5.24. The number of fused-ring (bicyclic) bond motifs is 3. The first-order chi connectivity index (χ1) is 26.4. The van der Waals surface area contributed by atoms with Crippen LogP contribution in [0.1, 0.15) is 64.2 Å². The predicted molar refractivity (Wildman–Crippen MR) is 235 cm³/mol. The first-order valence-electron chi connectivity index (χ1n) is 19.0. The number of benzene rings is 4. The Morgan fingerprint density at radius 1 is 0.648 bits per heavy atom. The van der Waals surface area contributed by atoms with Gasteiger partial charge < -0.3 is 0 Å². The minimum atomic E-state index is 0.773. The van der Waals surface area contributed by atoms with Crippen molar-refractivity contribution in [2.75, 3.05) is 0 Å². The molecule has 270 valence electrons. The van der Waals surface area contributed by atoms with Crippen molar-refractivity contribution in [2.45, 2.75) is 53.9 Å². The van der Waals surface area contributed by atoms with E-state index in [-0.39, 0.29) is 0 Å². The molecule has 1 aromatic heterocycles. The van der Waals surface area contributed by atoms with Crippen LogP contribution in [0.25, 0.3) is 50.6 Å². The van der Waals surface area contributed by atoms with Crippen LogP contribution in [0.4, 0.5) is 0 Å². The van der Waals surface area contributed by atoms with E-state index in [4.69, 9.17) is 9.97 Å². The molecule has 2 heteroatoms. The Balaban J connectivity index is 0.000000281. The van der Waals surface area contributed by atoms with Gasteiger partial charge in [0.15, 0.2) is 5.82 Å². The largest absolute Gasteiger partial charge is 0.228 e. The molecule has 0 amide bonds. The first-order valence-corrected chi connectivity index (χ1v) is 19.0. The summed E-state index contributed by atoms with van der Waals surface area (Å²) in [5, 5.41) is 0. The average molecular weight is 705 g/mol. The minimum absolute atomic E-state index is 0.773. The third kappa shape index (κ3) is 10.1. The molecular weight excluding hydrogens is 653 g/mol. The summed E-state index contributed by atoms with van der Waals surface area (Å²) < 4.78 is 0. The fourth-order valence-corrected chi connectivity index (χ4v) is 6.36. The van der Waals surface area contributed by atoms with Crippen LogP contribution in [0.2, 0.25) is 0 Å². The van der Waals surface area contributed by atoms with Gasteiger partial charge in [-0.05, 0) is 90.8 Å². The van der Waals surface area contributed by atoms with E-state index in [1.54, 1.807) is 0 Å². The number of hydrogen-bond donors (Lipinski definition) is 0. The maximum Gasteiger partial charge on any atom is 0.160 e. The molecule has 54 heavy (non-hydrogen) atoms. The van der Waals surface area contributed by atoms with Crippen molar-refractivity contribution in [1.82, 2.24) is 9.97 Å². The molecule has 0 aliphatic heterocycles. The molecule has 7 rings (SSSR count). The summed E-state index contributed by atoms with van der Waals surface area (Å²) in [5.74, 6) is 0.773. The molecule has 0 atom stereocenters. The molecule has 0 unspecified atom stereocenters. The monoisotopic (exact) mass is 704 g/mol. The van der Waals surface area contributed by atoms with E-state index in [0.717, 1.165) is 64.3 Å². The molecule has 0 spiro atoms. The minimum Gasteiger partial charge on any atom is -0.228 e. The molecule has 0 bridgehead atoms. The Bertz CT molecular complexity index is 2260. The summed E-state index contributed by atoms with van der Waals surface area (Å²) in [6.45, 7) is 17.8. The molecule has 0 radical (unpaired) electrons. The lowest BCUT2D eigenvalue weighted by atomic mass is 9.91. The van der Waals surface area contributed by atoms with Crippen LogP contribution in [-0.4, -0.2) is 9.97 Å². The highest BCUT2D eigenvalue weighted by Gasteiger charge is 2.26. The molecule has 1 heterocycles. The normalized spacial score (nSPS) is 13.1. The third-order valence-electron chi connectivity index (χ3n) is 9.16. The third-order valence-corrected chi connectivity index (χ3v) is 9.16. The van der Waals surface area contributed by atoms with Crippen LogP contribution in [0.3, 0.4) is 0 Å². The molecule has 2 aliphatic rings. The van der Waals surface area contributed by atoms with Crippen molar-refractivity contribution in [2.24, 2.45) is 0 Å². The van der Waals surface area contributed by atoms with Crippen molar-refractivity contribution in [3.63, 3.8) is 0 Å². The molecule has 0 fully saturated rings. The maximum absolute atomic E-state index is 5.24. The van der Waals surface area contributed by atoms with Gasteiger partial charge in [0.1, 0.15) is 0 Å². The second-order valence-corrected chi connectivity index (χ2v) is 13.2. The Hall–Kier alpha value is -6.12. The van der Waals surface area contributed by atoms with Crippen LogP contribution >= 0.6 is 0 Å². The average Bonchev–Trinajstić information content (AvgIpc) is 3.61. The highest BCUT2D eigenvalue weighted by atomic mass is 14.9. The number of hydrogen-bond acceptors (Lipinski definition) is 2. The van der Waals surface area contributed by atoms with E-state index in [9.17, 15) is 0 Å². The lowest BCUT2D eigenvalue weighted by Crippen LogP contribution is -2.00. The van der Waals surface area contributed by atoms with Crippen LogP contribution < -0.4 is 0 Å². The van der Waals surface area contributed by atoms with Gasteiger partial charge in [-0.25, -0.2) is 9.97 Å². The van der Waals surface area contributed by atoms with E-state index in [1.807, 2.05) is 83.2 Å². The van der Waals surface area contributed by atoms with Gasteiger partial charge in [-0.1, -0.05) is 178 Å². The van der Waals surface area contributed by atoms with Gasteiger partial charge >= 0.3 is 0 Å². The topological polar surface area (TPSA) is 25.8 Å². The zero-order valence-electron chi connectivity index (χ0n) is 32.5. The lowest BCUT2D eigenvalue weighted by molar-refractivity contribution is 1.04.